The number of nitrogens with one attached hydrogen (secondary N) is 1. The minimum Gasteiger partial charge on any atom is -0.497 e. The van der Waals surface area contributed by atoms with Crippen LogP contribution in [-0.2, 0) is 9.53 Å². The molecule has 0 saturated carbocycles. The van der Waals surface area contributed by atoms with Crippen LogP contribution in [0.4, 0.5) is 0 Å². The number of ether oxygens (including phenoxy) is 2. The maximum atomic E-state index is 11.9. The van der Waals surface area contributed by atoms with Gasteiger partial charge in [-0.15, -0.1) is 0 Å². The number of pyridine rings is 1. The van der Waals surface area contributed by atoms with Crippen molar-refractivity contribution in [1.82, 2.24) is 10.3 Å². The molecule has 3 rings (SSSR count). The summed E-state index contributed by atoms with van der Waals surface area (Å²) in [5.41, 5.74) is 1.84. The molecule has 0 spiro atoms. The third-order valence-corrected chi connectivity index (χ3v) is 3.50. The van der Waals surface area contributed by atoms with Gasteiger partial charge in [0, 0.05) is 10.9 Å². The summed E-state index contributed by atoms with van der Waals surface area (Å²) >= 11 is 0. The molecule has 0 aliphatic carbocycles. The normalized spacial score (nSPS) is 20.3. The van der Waals surface area contributed by atoms with Crippen molar-refractivity contribution in [2.45, 2.75) is 19.2 Å². The SMILES string of the molecule is CCOC(=O)[C@@H]1N[C@H](O)c2cc3cc(OC)ccc3nc21. The lowest BCUT2D eigenvalue weighted by Crippen LogP contribution is -2.26. The van der Waals surface area contributed by atoms with E-state index in [4.69, 9.17) is 9.47 Å². The summed E-state index contributed by atoms with van der Waals surface area (Å²) in [7, 11) is 1.59. The molecule has 2 aromatic rings. The van der Waals surface area contributed by atoms with E-state index in [-0.39, 0.29) is 6.61 Å². The van der Waals surface area contributed by atoms with E-state index in [1.54, 1.807) is 20.1 Å². The summed E-state index contributed by atoms with van der Waals surface area (Å²) in [6.07, 6.45) is -0.933. The third kappa shape index (κ3) is 2.32. The standard InChI is InChI=1S/C15H16N2O4/c1-3-21-15(19)13-12-10(14(18)17-13)7-8-6-9(20-2)4-5-11(8)16-12/h4-7,13-14,17-18H,3H2,1-2H3/t13-,14-/m1/s1. The Hall–Kier alpha value is -2.18. The Labute approximate surface area is 121 Å². The van der Waals surface area contributed by atoms with Crippen LogP contribution < -0.4 is 10.1 Å². The number of fused-ring (bicyclic) bond motifs is 2. The van der Waals surface area contributed by atoms with Gasteiger partial charge >= 0.3 is 5.97 Å². The highest BCUT2D eigenvalue weighted by atomic mass is 16.5. The van der Waals surface area contributed by atoms with E-state index >= 15 is 0 Å². The van der Waals surface area contributed by atoms with E-state index < -0.39 is 18.2 Å². The van der Waals surface area contributed by atoms with Crippen LogP contribution in [-0.4, -0.2) is 29.8 Å². The van der Waals surface area contributed by atoms with Gasteiger partial charge in [-0.1, -0.05) is 0 Å². The Bertz CT molecular complexity index is 701. The van der Waals surface area contributed by atoms with Gasteiger partial charge in [-0.25, -0.2) is 4.79 Å². The van der Waals surface area contributed by atoms with Crippen LogP contribution in [0.15, 0.2) is 24.3 Å². The van der Waals surface area contributed by atoms with Crippen LogP contribution in [0, 0.1) is 0 Å². The molecule has 1 aromatic carbocycles. The first-order valence-corrected chi connectivity index (χ1v) is 6.73. The van der Waals surface area contributed by atoms with Crippen LogP contribution in [0.3, 0.4) is 0 Å². The van der Waals surface area contributed by atoms with Gasteiger partial charge in [0.05, 0.1) is 24.9 Å². The van der Waals surface area contributed by atoms with Gasteiger partial charge in [-0.2, -0.15) is 0 Å². The van der Waals surface area contributed by atoms with E-state index in [2.05, 4.69) is 10.3 Å². The van der Waals surface area contributed by atoms with Crippen LogP contribution in [0.25, 0.3) is 10.9 Å². The smallest absolute Gasteiger partial charge is 0.329 e. The Morgan fingerprint density at radius 1 is 1.43 bits per heavy atom. The average molecular weight is 288 g/mol. The molecule has 0 bridgehead atoms. The molecule has 0 amide bonds. The summed E-state index contributed by atoms with van der Waals surface area (Å²) in [4.78, 5) is 16.4. The minimum atomic E-state index is -0.933. The van der Waals surface area contributed by atoms with Crippen LogP contribution in [0.5, 0.6) is 5.75 Å². The van der Waals surface area contributed by atoms with Crippen molar-refractivity contribution in [3.05, 3.63) is 35.5 Å². The van der Waals surface area contributed by atoms with Crippen molar-refractivity contribution < 1.29 is 19.4 Å². The molecule has 110 valence electrons. The van der Waals surface area contributed by atoms with Crippen molar-refractivity contribution in [1.29, 1.82) is 0 Å². The molecular formula is C15H16N2O4. The first-order chi connectivity index (χ1) is 10.1. The second-order valence-electron chi connectivity index (χ2n) is 4.78. The highest BCUT2D eigenvalue weighted by Crippen LogP contribution is 2.34. The number of carbonyl (C=O) groups excluding carboxylic acids is 1. The number of carbonyl (C=O) groups is 1. The van der Waals surface area contributed by atoms with Crippen LogP contribution >= 0.6 is 0 Å². The molecule has 1 aliphatic rings. The fraction of sp³-hybridized carbons (Fsp3) is 0.333. The van der Waals surface area contributed by atoms with E-state index in [0.717, 1.165) is 10.9 Å². The quantitative estimate of drug-likeness (QED) is 0.832. The molecule has 0 saturated heterocycles. The topological polar surface area (TPSA) is 80.7 Å². The number of benzene rings is 1. The largest absolute Gasteiger partial charge is 0.497 e. The molecule has 0 radical (unpaired) electrons. The van der Waals surface area contributed by atoms with E-state index in [1.807, 2.05) is 18.2 Å². The molecule has 1 aromatic heterocycles. The number of nitrogens with zero attached hydrogens (tertiary/aromatic N) is 1. The number of aliphatic hydroxyl groups is 1. The predicted molar refractivity (Wildman–Crippen MR) is 75.8 cm³/mol. The first kappa shape index (κ1) is 13.8. The number of methoxy groups -OCH3 is 1. The Morgan fingerprint density at radius 2 is 2.24 bits per heavy atom. The zero-order valence-electron chi connectivity index (χ0n) is 11.8. The minimum absolute atomic E-state index is 0.285. The maximum absolute atomic E-state index is 11.9. The van der Waals surface area contributed by atoms with Gasteiger partial charge in [0.1, 0.15) is 12.0 Å². The zero-order chi connectivity index (χ0) is 15.0. The summed E-state index contributed by atoms with van der Waals surface area (Å²) in [6.45, 7) is 2.03. The molecule has 2 N–H and O–H groups in total. The fourth-order valence-electron chi connectivity index (χ4n) is 2.49. The average Bonchev–Trinajstić information content (AvgIpc) is 2.81. The van der Waals surface area contributed by atoms with Gasteiger partial charge in [-0.3, -0.25) is 10.3 Å². The van der Waals surface area contributed by atoms with Crippen LogP contribution in [0.2, 0.25) is 0 Å². The number of esters is 1. The second-order valence-corrected chi connectivity index (χ2v) is 4.78. The van der Waals surface area contributed by atoms with Crippen molar-refractivity contribution in [3.8, 4) is 5.75 Å². The van der Waals surface area contributed by atoms with Crippen molar-refractivity contribution in [2.75, 3.05) is 13.7 Å². The summed E-state index contributed by atoms with van der Waals surface area (Å²) in [5, 5.41) is 13.7. The lowest BCUT2D eigenvalue weighted by molar-refractivity contribution is -0.146. The molecule has 1 aliphatic heterocycles. The molecule has 6 nitrogen and oxygen atoms in total. The third-order valence-electron chi connectivity index (χ3n) is 3.50. The molecule has 2 atom stereocenters. The van der Waals surface area contributed by atoms with Crippen molar-refractivity contribution >= 4 is 16.9 Å². The first-order valence-electron chi connectivity index (χ1n) is 6.73. The summed E-state index contributed by atoms with van der Waals surface area (Å²) in [5.74, 6) is 0.280. The lowest BCUT2D eigenvalue weighted by atomic mass is 10.1. The second kappa shape index (κ2) is 5.31. The fourth-order valence-corrected chi connectivity index (χ4v) is 2.49. The molecule has 0 fully saturated rings. The molecular weight excluding hydrogens is 272 g/mol. The van der Waals surface area contributed by atoms with Gasteiger partial charge in [0.25, 0.3) is 0 Å². The monoisotopic (exact) mass is 288 g/mol. The predicted octanol–water partition coefficient (Wildman–Crippen LogP) is 1.44. The molecule has 0 unspecified atom stereocenters. The van der Waals surface area contributed by atoms with Crippen molar-refractivity contribution in [3.63, 3.8) is 0 Å². The number of aromatic nitrogens is 1. The molecule has 6 heteroatoms. The Kier molecular flexibility index (Phi) is 3.48. The number of rotatable bonds is 3. The molecule has 21 heavy (non-hydrogen) atoms. The van der Waals surface area contributed by atoms with E-state index in [1.165, 1.54) is 0 Å². The van der Waals surface area contributed by atoms with Crippen molar-refractivity contribution in [2.24, 2.45) is 0 Å². The van der Waals surface area contributed by atoms with Gasteiger partial charge < -0.3 is 14.6 Å². The summed E-state index contributed by atoms with van der Waals surface area (Å²) in [6, 6.07) is 6.55. The van der Waals surface area contributed by atoms with E-state index in [9.17, 15) is 9.90 Å². The number of aliphatic hydroxyl groups excluding tert-OH is 1. The van der Waals surface area contributed by atoms with Gasteiger partial charge in [0.2, 0.25) is 0 Å². The molecule has 2 heterocycles. The Morgan fingerprint density at radius 3 is 2.95 bits per heavy atom. The Balaban J connectivity index is 2.09. The van der Waals surface area contributed by atoms with Crippen LogP contribution in [0.1, 0.15) is 30.5 Å². The van der Waals surface area contributed by atoms with Gasteiger partial charge in [-0.05, 0) is 31.2 Å². The summed E-state index contributed by atoms with van der Waals surface area (Å²) < 4.78 is 10.2. The van der Waals surface area contributed by atoms with E-state index in [0.29, 0.717) is 17.0 Å². The zero-order valence-corrected chi connectivity index (χ0v) is 11.8. The number of hydrogen-bond donors (Lipinski definition) is 2. The highest BCUT2D eigenvalue weighted by molar-refractivity contribution is 5.84. The highest BCUT2D eigenvalue weighted by Gasteiger charge is 2.36. The van der Waals surface area contributed by atoms with Gasteiger partial charge in [0.15, 0.2) is 6.04 Å². The number of hydrogen-bond acceptors (Lipinski definition) is 6. The lowest BCUT2D eigenvalue weighted by Gasteiger charge is -2.10. The maximum Gasteiger partial charge on any atom is 0.329 e.